The summed E-state index contributed by atoms with van der Waals surface area (Å²) < 4.78 is 40.1. The number of carbonyl (C=O) groups is 1. The molecule has 0 saturated carbocycles. The van der Waals surface area contributed by atoms with Crippen LogP contribution < -0.4 is 0 Å². The SMILES string of the molecule is O=C(O)c1ccc(-c2cccc(F)c2F)c(F)c1. The standard InChI is InChI=1S/C13H7F3O2/c14-10-3-1-2-9(12(10)16)8-5-4-7(13(17)18)6-11(8)15/h1-6H,(H,17,18). The van der Waals surface area contributed by atoms with E-state index < -0.39 is 23.4 Å². The van der Waals surface area contributed by atoms with Crippen LogP contribution in [0.1, 0.15) is 10.4 Å². The highest BCUT2D eigenvalue weighted by atomic mass is 19.2. The minimum atomic E-state index is -1.29. The lowest BCUT2D eigenvalue weighted by Gasteiger charge is -2.06. The molecule has 5 heteroatoms. The van der Waals surface area contributed by atoms with E-state index in [1.165, 1.54) is 12.1 Å². The largest absolute Gasteiger partial charge is 0.478 e. The molecule has 0 saturated heterocycles. The molecule has 0 bridgehead atoms. The van der Waals surface area contributed by atoms with Crippen LogP contribution in [0.15, 0.2) is 36.4 Å². The quantitative estimate of drug-likeness (QED) is 0.888. The van der Waals surface area contributed by atoms with Crippen LogP contribution in [0.2, 0.25) is 0 Å². The Morgan fingerprint density at radius 1 is 0.944 bits per heavy atom. The fourth-order valence-electron chi connectivity index (χ4n) is 1.58. The van der Waals surface area contributed by atoms with Crippen molar-refractivity contribution in [1.29, 1.82) is 0 Å². The smallest absolute Gasteiger partial charge is 0.335 e. The Labute approximate surface area is 100 Å². The maximum atomic E-state index is 13.7. The Hall–Kier alpha value is -2.30. The summed E-state index contributed by atoms with van der Waals surface area (Å²) in [5.74, 6) is -4.46. The summed E-state index contributed by atoms with van der Waals surface area (Å²) in [7, 11) is 0. The second kappa shape index (κ2) is 4.52. The first-order chi connectivity index (χ1) is 8.50. The maximum absolute atomic E-state index is 13.7. The van der Waals surface area contributed by atoms with Crippen molar-refractivity contribution in [3.8, 4) is 11.1 Å². The molecule has 0 unspecified atom stereocenters. The van der Waals surface area contributed by atoms with Crippen LogP contribution in [0, 0.1) is 17.5 Å². The first-order valence-corrected chi connectivity index (χ1v) is 4.98. The molecule has 2 nitrogen and oxygen atoms in total. The van der Waals surface area contributed by atoms with Crippen LogP contribution in [0.25, 0.3) is 11.1 Å². The summed E-state index contributed by atoms with van der Waals surface area (Å²) in [6.45, 7) is 0. The molecule has 0 fully saturated rings. The lowest BCUT2D eigenvalue weighted by Crippen LogP contribution is -1.98. The molecule has 0 amide bonds. The predicted molar refractivity (Wildman–Crippen MR) is 58.7 cm³/mol. The number of hydrogen-bond donors (Lipinski definition) is 1. The van der Waals surface area contributed by atoms with E-state index in [1.54, 1.807) is 0 Å². The minimum absolute atomic E-state index is 0.183. The molecule has 0 atom stereocenters. The first kappa shape index (κ1) is 12.2. The van der Waals surface area contributed by atoms with Gasteiger partial charge in [-0.3, -0.25) is 0 Å². The number of benzene rings is 2. The molecule has 0 heterocycles. The van der Waals surface area contributed by atoms with Crippen molar-refractivity contribution in [3.05, 3.63) is 59.4 Å². The molecule has 2 aromatic rings. The fourth-order valence-corrected chi connectivity index (χ4v) is 1.58. The summed E-state index contributed by atoms with van der Waals surface area (Å²) in [6, 6.07) is 6.39. The molecule has 0 aromatic heterocycles. The van der Waals surface area contributed by atoms with Crippen LogP contribution in [0.4, 0.5) is 13.2 Å². The minimum Gasteiger partial charge on any atom is -0.478 e. The van der Waals surface area contributed by atoms with Gasteiger partial charge in [-0.2, -0.15) is 0 Å². The van der Waals surface area contributed by atoms with E-state index in [2.05, 4.69) is 0 Å². The number of hydrogen-bond acceptors (Lipinski definition) is 1. The van der Waals surface area contributed by atoms with Crippen molar-refractivity contribution < 1.29 is 23.1 Å². The highest BCUT2D eigenvalue weighted by Gasteiger charge is 2.15. The lowest BCUT2D eigenvalue weighted by molar-refractivity contribution is 0.0696. The summed E-state index contributed by atoms with van der Waals surface area (Å²) in [5, 5.41) is 8.67. The maximum Gasteiger partial charge on any atom is 0.335 e. The zero-order chi connectivity index (χ0) is 13.3. The number of rotatable bonds is 2. The van der Waals surface area contributed by atoms with Gasteiger partial charge in [0.25, 0.3) is 0 Å². The second-order valence-corrected chi connectivity index (χ2v) is 3.60. The van der Waals surface area contributed by atoms with E-state index >= 15 is 0 Å². The van der Waals surface area contributed by atoms with Crippen LogP contribution in [-0.2, 0) is 0 Å². The zero-order valence-electron chi connectivity index (χ0n) is 8.95. The van der Waals surface area contributed by atoms with Crippen molar-refractivity contribution >= 4 is 5.97 Å². The van der Waals surface area contributed by atoms with Crippen LogP contribution >= 0.6 is 0 Å². The molecule has 0 spiro atoms. The highest BCUT2D eigenvalue weighted by Crippen LogP contribution is 2.27. The van der Waals surface area contributed by atoms with Crippen molar-refractivity contribution in [2.45, 2.75) is 0 Å². The van der Waals surface area contributed by atoms with Gasteiger partial charge in [-0.25, -0.2) is 18.0 Å². The van der Waals surface area contributed by atoms with Gasteiger partial charge in [0, 0.05) is 11.1 Å². The van der Waals surface area contributed by atoms with Crippen LogP contribution in [0.5, 0.6) is 0 Å². The third-order valence-corrected chi connectivity index (χ3v) is 2.46. The molecule has 0 aliphatic carbocycles. The summed E-state index contributed by atoms with van der Waals surface area (Å²) >= 11 is 0. The van der Waals surface area contributed by atoms with Gasteiger partial charge in [-0.15, -0.1) is 0 Å². The Morgan fingerprint density at radius 3 is 2.28 bits per heavy atom. The van der Waals surface area contributed by atoms with Crippen LogP contribution in [0.3, 0.4) is 0 Å². The molecule has 92 valence electrons. The number of carboxylic acids is 1. The summed E-state index contributed by atoms with van der Waals surface area (Å²) in [6.07, 6.45) is 0. The lowest BCUT2D eigenvalue weighted by atomic mass is 10.0. The number of carboxylic acid groups (broad SMARTS) is 1. The van der Waals surface area contributed by atoms with Gasteiger partial charge < -0.3 is 5.11 Å². The monoisotopic (exact) mass is 252 g/mol. The topological polar surface area (TPSA) is 37.3 Å². The summed E-state index contributed by atoms with van der Waals surface area (Å²) in [5.41, 5.74) is -0.686. The molecule has 1 N–H and O–H groups in total. The van der Waals surface area contributed by atoms with E-state index in [0.717, 1.165) is 24.3 Å². The predicted octanol–water partition coefficient (Wildman–Crippen LogP) is 3.47. The molecule has 2 rings (SSSR count). The van der Waals surface area contributed by atoms with Crippen molar-refractivity contribution in [2.75, 3.05) is 0 Å². The van der Waals surface area contributed by atoms with Gasteiger partial charge in [0.15, 0.2) is 11.6 Å². The van der Waals surface area contributed by atoms with Gasteiger partial charge in [-0.05, 0) is 18.2 Å². The van der Waals surface area contributed by atoms with E-state index in [9.17, 15) is 18.0 Å². The average molecular weight is 252 g/mol. The zero-order valence-corrected chi connectivity index (χ0v) is 8.95. The van der Waals surface area contributed by atoms with E-state index in [-0.39, 0.29) is 16.7 Å². The van der Waals surface area contributed by atoms with E-state index in [4.69, 9.17) is 5.11 Å². The molecule has 18 heavy (non-hydrogen) atoms. The van der Waals surface area contributed by atoms with Gasteiger partial charge in [0.1, 0.15) is 5.82 Å². The molecule has 2 aromatic carbocycles. The normalized spacial score (nSPS) is 10.4. The van der Waals surface area contributed by atoms with Crippen molar-refractivity contribution in [1.82, 2.24) is 0 Å². The molecular formula is C13H7F3O2. The Morgan fingerprint density at radius 2 is 1.67 bits per heavy atom. The van der Waals surface area contributed by atoms with Crippen LogP contribution in [-0.4, -0.2) is 11.1 Å². The van der Waals surface area contributed by atoms with Gasteiger partial charge in [0.2, 0.25) is 0 Å². The molecular weight excluding hydrogens is 245 g/mol. The van der Waals surface area contributed by atoms with Crippen molar-refractivity contribution in [2.24, 2.45) is 0 Å². The first-order valence-electron chi connectivity index (χ1n) is 4.98. The Bertz CT molecular complexity index is 624. The average Bonchev–Trinajstić information content (AvgIpc) is 2.33. The Balaban J connectivity index is 2.58. The van der Waals surface area contributed by atoms with E-state index in [0.29, 0.717) is 0 Å². The third-order valence-electron chi connectivity index (χ3n) is 2.46. The number of aromatic carboxylic acids is 1. The number of halogens is 3. The summed E-state index contributed by atoms with van der Waals surface area (Å²) in [4.78, 5) is 10.6. The van der Waals surface area contributed by atoms with Gasteiger partial charge in [-0.1, -0.05) is 18.2 Å². The third kappa shape index (κ3) is 2.07. The van der Waals surface area contributed by atoms with Crippen molar-refractivity contribution in [3.63, 3.8) is 0 Å². The van der Waals surface area contributed by atoms with Gasteiger partial charge in [0.05, 0.1) is 5.56 Å². The molecule has 0 radical (unpaired) electrons. The highest BCUT2D eigenvalue weighted by molar-refractivity contribution is 5.88. The fraction of sp³-hybridized carbons (Fsp3) is 0. The van der Waals surface area contributed by atoms with E-state index in [1.807, 2.05) is 0 Å². The van der Waals surface area contributed by atoms with Gasteiger partial charge >= 0.3 is 5.97 Å². The molecule has 0 aliphatic rings. The molecule has 0 aliphatic heterocycles. The second-order valence-electron chi connectivity index (χ2n) is 3.60. The Kier molecular flexibility index (Phi) is 3.06.